The molecule has 0 aromatic rings. The predicted molar refractivity (Wildman–Crippen MR) is 60.0 cm³/mol. The lowest BCUT2D eigenvalue weighted by atomic mass is 10.1. The van der Waals surface area contributed by atoms with Crippen molar-refractivity contribution in [1.82, 2.24) is 10.2 Å². The first-order valence-corrected chi connectivity index (χ1v) is 5.90. The van der Waals surface area contributed by atoms with Gasteiger partial charge in [-0.25, -0.2) is 0 Å². The quantitative estimate of drug-likeness (QED) is 0.714. The number of nitrogens with zero attached hydrogens (tertiary/aromatic N) is 1. The van der Waals surface area contributed by atoms with E-state index in [0.29, 0.717) is 0 Å². The normalized spacial score (nSPS) is 23.7. The fourth-order valence-corrected chi connectivity index (χ4v) is 2.05. The van der Waals surface area contributed by atoms with E-state index in [1.54, 1.807) is 0 Å². The molecule has 88 valence electrons. The van der Waals surface area contributed by atoms with Crippen molar-refractivity contribution in [2.75, 3.05) is 26.2 Å². The summed E-state index contributed by atoms with van der Waals surface area (Å²) in [6.45, 7) is 6.07. The van der Waals surface area contributed by atoms with Crippen LogP contribution in [0.4, 0.5) is 0 Å². The van der Waals surface area contributed by atoms with E-state index in [2.05, 4.69) is 17.1 Å². The molecule has 1 atom stereocenters. The zero-order valence-corrected chi connectivity index (χ0v) is 9.54. The molecule has 0 saturated carbocycles. The van der Waals surface area contributed by atoms with Crippen LogP contribution in [0.3, 0.4) is 0 Å². The second-order valence-corrected chi connectivity index (χ2v) is 4.20. The summed E-state index contributed by atoms with van der Waals surface area (Å²) in [4.78, 5) is 13.1. The molecule has 2 N–H and O–H groups in total. The maximum absolute atomic E-state index is 10.7. The van der Waals surface area contributed by atoms with Gasteiger partial charge in [0.2, 0.25) is 0 Å². The Bertz CT molecular complexity index is 197. The van der Waals surface area contributed by atoms with Gasteiger partial charge >= 0.3 is 5.97 Å². The van der Waals surface area contributed by atoms with Crippen molar-refractivity contribution in [3.63, 3.8) is 0 Å². The molecule has 1 rings (SSSR count). The molecule has 1 aliphatic rings. The number of hydrogen-bond donors (Lipinski definition) is 2. The number of aliphatic carboxylic acids is 1. The summed E-state index contributed by atoms with van der Waals surface area (Å²) in [5.74, 6) is -0.690. The highest BCUT2D eigenvalue weighted by Crippen LogP contribution is 2.09. The lowest BCUT2D eigenvalue weighted by Gasteiger charge is -2.28. The molecule has 1 heterocycles. The molecule has 0 amide bonds. The Morgan fingerprint density at radius 3 is 3.07 bits per heavy atom. The van der Waals surface area contributed by atoms with Crippen molar-refractivity contribution in [3.05, 3.63) is 0 Å². The fraction of sp³-hybridized carbons (Fsp3) is 0.909. The van der Waals surface area contributed by atoms with E-state index in [-0.39, 0.29) is 12.5 Å². The number of unbranched alkanes of at least 4 members (excludes halogenated alkanes) is 1. The molecule has 15 heavy (non-hydrogen) atoms. The smallest absolute Gasteiger partial charge is 0.304 e. The maximum atomic E-state index is 10.7. The summed E-state index contributed by atoms with van der Waals surface area (Å²) >= 11 is 0. The molecule has 0 aliphatic carbocycles. The topological polar surface area (TPSA) is 52.6 Å². The third-order valence-electron chi connectivity index (χ3n) is 2.90. The molecule has 4 heteroatoms. The van der Waals surface area contributed by atoms with Crippen molar-refractivity contribution in [1.29, 1.82) is 0 Å². The Kier molecular flexibility index (Phi) is 5.65. The van der Waals surface area contributed by atoms with Gasteiger partial charge < -0.3 is 10.4 Å². The molecule has 0 radical (unpaired) electrons. The SMILES string of the molecule is CCCCN1CCCNCC1CC(=O)O. The molecule has 0 bridgehead atoms. The van der Waals surface area contributed by atoms with Gasteiger partial charge in [0.1, 0.15) is 0 Å². The molecule has 0 spiro atoms. The average Bonchev–Trinajstić information content (AvgIpc) is 2.40. The predicted octanol–water partition coefficient (Wildman–Crippen LogP) is 0.925. The summed E-state index contributed by atoms with van der Waals surface area (Å²) in [5.41, 5.74) is 0. The molecular formula is C11H22N2O2. The van der Waals surface area contributed by atoms with E-state index in [1.807, 2.05) is 0 Å². The minimum atomic E-state index is -0.690. The van der Waals surface area contributed by atoms with E-state index in [9.17, 15) is 4.79 Å². The highest BCUT2D eigenvalue weighted by Gasteiger charge is 2.22. The minimum absolute atomic E-state index is 0.177. The van der Waals surface area contributed by atoms with Gasteiger partial charge in [0.05, 0.1) is 6.42 Å². The van der Waals surface area contributed by atoms with Gasteiger partial charge in [-0.15, -0.1) is 0 Å². The molecule has 1 unspecified atom stereocenters. The standard InChI is InChI=1S/C11H22N2O2/c1-2-3-6-13-7-4-5-12-9-10(13)8-11(14)15/h10,12H,2-9H2,1H3,(H,14,15). The largest absolute Gasteiger partial charge is 0.481 e. The number of nitrogens with one attached hydrogen (secondary N) is 1. The Hall–Kier alpha value is -0.610. The first-order chi connectivity index (χ1) is 7.24. The number of carboxylic acid groups (broad SMARTS) is 1. The Morgan fingerprint density at radius 1 is 1.60 bits per heavy atom. The zero-order valence-electron chi connectivity index (χ0n) is 9.54. The number of rotatable bonds is 5. The van der Waals surface area contributed by atoms with Crippen LogP contribution in [-0.4, -0.2) is 48.2 Å². The van der Waals surface area contributed by atoms with Gasteiger partial charge in [-0.05, 0) is 32.5 Å². The van der Waals surface area contributed by atoms with Crippen molar-refractivity contribution in [2.24, 2.45) is 0 Å². The van der Waals surface area contributed by atoms with E-state index in [0.717, 1.165) is 39.0 Å². The van der Waals surface area contributed by atoms with Crippen molar-refractivity contribution in [3.8, 4) is 0 Å². The molecule has 1 saturated heterocycles. The molecule has 0 aromatic heterocycles. The van der Waals surface area contributed by atoms with Crippen LogP contribution < -0.4 is 5.32 Å². The van der Waals surface area contributed by atoms with Gasteiger partial charge in [-0.2, -0.15) is 0 Å². The second kappa shape index (κ2) is 6.80. The van der Waals surface area contributed by atoms with Crippen LogP contribution >= 0.6 is 0 Å². The molecular weight excluding hydrogens is 192 g/mol. The van der Waals surface area contributed by atoms with Crippen LogP contribution in [0.2, 0.25) is 0 Å². The Morgan fingerprint density at radius 2 is 2.40 bits per heavy atom. The van der Waals surface area contributed by atoms with Crippen molar-refractivity contribution < 1.29 is 9.90 Å². The van der Waals surface area contributed by atoms with Gasteiger partial charge in [-0.3, -0.25) is 9.69 Å². The van der Waals surface area contributed by atoms with E-state index >= 15 is 0 Å². The summed E-state index contributed by atoms with van der Waals surface area (Å²) in [7, 11) is 0. The third-order valence-corrected chi connectivity index (χ3v) is 2.90. The molecule has 1 aliphatic heterocycles. The maximum Gasteiger partial charge on any atom is 0.304 e. The summed E-state index contributed by atoms with van der Waals surface area (Å²) in [5, 5.41) is 12.2. The summed E-state index contributed by atoms with van der Waals surface area (Å²) in [6, 6.07) is 0.177. The van der Waals surface area contributed by atoms with Crippen LogP contribution in [0.25, 0.3) is 0 Å². The van der Waals surface area contributed by atoms with Crippen LogP contribution in [0, 0.1) is 0 Å². The van der Waals surface area contributed by atoms with Gasteiger partial charge in [0, 0.05) is 12.6 Å². The second-order valence-electron chi connectivity index (χ2n) is 4.20. The van der Waals surface area contributed by atoms with E-state index in [4.69, 9.17) is 5.11 Å². The lowest BCUT2D eigenvalue weighted by molar-refractivity contribution is -0.138. The van der Waals surface area contributed by atoms with Crippen molar-refractivity contribution in [2.45, 2.75) is 38.6 Å². The number of carbonyl (C=O) groups is 1. The van der Waals surface area contributed by atoms with Crippen molar-refractivity contribution >= 4 is 5.97 Å². The van der Waals surface area contributed by atoms with Crippen LogP contribution in [0.1, 0.15) is 32.6 Å². The Labute approximate surface area is 91.6 Å². The van der Waals surface area contributed by atoms with E-state index < -0.39 is 5.97 Å². The zero-order chi connectivity index (χ0) is 11.1. The highest BCUT2D eigenvalue weighted by atomic mass is 16.4. The average molecular weight is 214 g/mol. The Balaban J connectivity index is 2.46. The third kappa shape index (κ3) is 4.62. The van der Waals surface area contributed by atoms with Gasteiger partial charge in [0.25, 0.3) is 0 Å². The monoisotopic (exact) mass is 214 g/mol. The highest BCUT2D eigenvalue weighted by molar-refractivity contribution is 5.67. The number of carboxylic acids is 1. The molecule has 4 nitrogen and oxygen atoms in total. The van der Waals surface area contributed by atoms with Crippen LogP contribution in [0.15, 0.2) is 0 Å². The number of hydrogen-bond acceptors (Lipinski definition) is 3. The van der Waals surface area contributed by atoms with Gasteiger partial charge in [-0.1, -0.05) is 13.3 Å². The lowest BCUT2D eigenvalue weighted by Crippen LogP contribution is -2.41. The van der Waals surface area contributed by atoms with Crippen LogP contribution in [-0.2, 0) is 4.79 Å². The minimum Gasteiger partial charge on any atom is -0.481 e. The van der Waals surface area contributed by atoms with Crippen LogP contribution in [0.5, 0.6) is 0 Å². The fourth-order valence-electron chi connectivity index (χ4n) is 2.05. The molecule has 0 aromatic carbocycles. The molecule has 1 fully saturated rings. The first kappa shape index (κ1) is 12.5. The first-order valence-electron chi connectivity index (χ1n) is 5.90. The van der Waals surface area contributed by atoms with Gasteiger partial charge in [0.15, 0.2) is 0 Å². The van der Waals surface area contributed by atoms with E-state index in [1.165, 1.54) is 6.42 Å². The summed E-state index contributed by atoms with van der Waals surface area (Å²) < 4.78 is 0. The summed E-state index contributed by atoms with van der Waals surface area (Å²) in [6.07, 6.45) is 3.72.